The molecule has 6 heteroatoms. The number of anilines is 1. The minimum atomic E-state index is -0.242. The van der Waals surface area contributed by atoms with Crippen LogP contribution in [0.5, 0.6) is 0 Å². The minimum absolute atomic E-state index is 0.0494. The van der Waals surface area contributed by atoms with Crippen LogP contribution in [0.25, 0.3) is 0 Å². The predicted octanol–water partition coefficient (Wildman–Crippen LogP) is 2.40. The highest BCUT2D eigenvalue weighted by atomic mass is 16.2. The van der Waals surface area contributed by atoms with Gasteiger partial charge in [0.25, 0.3) is 0 Å². The summed E-state index contributed by atoms with van der Waals surface area (Å²) in [5, 5.41) is 0. The van der Waals surface area contributed by atoms with E-state index in [0.29, 0.717) is 13.0 Å². The Hall–Kier alpha value is -2.73. The van der Waals surface area contributed by atoms with Gasteiger partial charge in [0, 0.05) is 63.8 Å². The van der Waals surface area contributed by atoms with Crippen molar-refractivity contribution < 1.29 is 9.59 Å². The number of piperazine rings is 1. The molecule has 0 saturated carbocycles. The fraction of sp³-hybridized carbons (Fsp3) is 0.435. The first-order valence-corrected chi connectivity index (χ1v) is 10.3. The Balaban J connectivity index is 1.35. The molecule has 2 amide bonds. The standard InChI is InChI=1S/C23H28N4O2/c1-17-4-3-5-21(18(17)2)27-16-20(14-22(27)28)23(29)26-12-10-25(11-13-26)15-19-6-8-24-9-7-19/h3-9,20H,10-16H2,1-2H3/t20-/m1/s1. The van der Waals surface area contributed by atoms with Crippen molar-refractivity contribution in [3.63, 3.8) is 0 Å². The Labute approximate surface area is 172 Å². The van der Waals surface area contributed by atoms with Crippen LogP contribution in [-0.4, -0.2) is 59.3 Å². The Morgan fingerprint density at radius 2 is 1.79 bits per heavy atom. The summed E-state index contributed by atoms with van der Waals surface area (Å²) in [6, 6.07) is 10.1. The Bertz CT molecular complexity index is 891. The lowest BCUT2D eigenvalue weighted by molar-refractivity contribution is -0.137. The smallest absolute Gasteiger partial charge is 0.228 e. The number of aromatic nitrogens is 1. The second-order valence-electron chi connectivity index (χ2n) is 8.08. The van der Waals surface area contributed by atoms with Gasteiger partial charge in [-0.3, -0.25) is 19.5 Å². The topological polar surface area (TPSA) is 56.8 Å². The van der Waals surface area contributed by atoms with Crippen LogP contribution in [0, 0.1) is 19.8 Å². The van der Waals surface area contributed by atoms with Crippen LogP contribution < -0.4 is 4.90 Å². The summed E-state index contributed by atoms with van der Waals surface area (Å²) >= 11 is 0. The third-order valence-electron chi connectivity index (χ3n) is 6.18. The number of carbonyl (C=O) groups excluding carboxylic acids is 2. The van der Waals surface area contributed by atoms with Gasteiger partial charge in [-0.1, -0.05) is 12.1 Å². The van der Waals surface area contributed by atoms with Gasteiger partial charge in [-0.15, -0.1) is 0 Å². The second kappa shape index (κ2) is 8.33. The van der Waals surface area contributed by atoms with Gasteiger partial charge in [-0.25, -0.2) is 0 Å². The molecule has 0 unspecified atom stereocenters. The molecule has 1 aromatic carbocycles. The average Bonchev–Trinajstić information content (AvgIpc) is 3.12. The van der Waals surface area contributed by atoms with Crippen LogP contribution in [0.4, 0.5) is 5.69 Å². The fourth-order valence-electron chi connectivity index (χ4n) is 4.26. The van der Waals surface area contributed by atoms with Gasteiger partial charge in [-0.2, -0.15) is 0 Å². The van der Waals surface area contributed by atoms with E-state index in [1.807, 2.05) is 61.5 Å². The van der Waals surface area contributed by atoms with Crippen molar-refractivity contribution in [2.45, 2.75) is 26.8 Å². The number of hydrogen-bond acceptors (Lipinski definition) is 4. The molecular formula is C23H28N4O2. The molecule has 1 atom stereocenters. The first-order valence-electron chi connectivity index (χ1n) is 10.3. The zero-order chi connectivity index (χ0) is 20.4. The molecular weight excluding hydrogens is 364 g/mol. The van der Waals surface area contributed by atoms with Gasteiger partial charge in [0.15, 0.2) is 0 Å². The van der Waals surface area contributed by atoms with E-state index in [0.717, 1.165) is 49.5 Å². The second-order valence-corrected chi connectivity index (χ2v) is 8.08. The molecule has 152 valence electrons. The van der Waals surface area contributed by atoms with Crippen molar-refractivity contribution in [1.82, 2.24) is 14.8 Å². The Kier molecular flexibility index (Phi) is 5.62. The molecule has 2 aliphatic rings. The molecule has 2 aliphatic heterocycles. The van der Waals surface area contributed by atoms with Crippen LogP contribution in [0.2, 0.25) is 0 Å². The van der Waals surface area contributed by atoms with Crippen LogP contribution in [0.3, 0.4) is 0 Å². The predicted molar refractivity (Wildman–Crippen MR) is 112 cm³/mol. The van der Waals surface area contributed by atoms with Crippen molar-refractivity contribution in [3.8, 4) is 0 Å². The van der Waals surface area contributed by atoms with Crippen molar-refractivity contribution in [2.75, 3.05) is 37.6 Å². The highest BCUT2D eigenvalue weighted by Gasteiger charge is 2.38. The lowest BCUT2D eigenvalue weighted by atomic mass is 10.1. The number of rotatable bonds is 4. The maximum absolute atomic E-state index is 13.1. The molecule has 29 heavy (non-hydrogen) atoms. The largest absolute Gasteiger partial charge is 0.340 e. The molecule has 0 spiro atoms. The molecule has 2 saturated heterocycles. The van der Waals surface area contributed by atoms with Crippen molar-refractivity contribution in [3.05, 3.63) is 59.4 Å². The molecule has 0 N–H and O–H groups in total. The highest BCUT2D eigenvalue weighted by Crippen LogP contribution is 2.30. The maximum Gasteiger partial charge on any atom is 0.228 e. The van der Waals surface area contributed by atoms with Gasteiger partial charge in [0.1, 0.15) is 0 Å². The summed E-state index contributed by atoms with van der Waals surface area (Å²) in [7, 11) is 0. The van der Waals surface area contributed by atoms with Crippen molar-refractivity contribution >= 4 is 17.5 Å². The molecule has 0 aliphatic carbocycles. The summed E-state index contributed by atoms with van der Waals surface area (Å²) in [6.45, 7) is 8.61. The van der Waals surface area contributed by atoms with Gasteiger partial charge in [0.05, 0.1) is 5.92 Å². The number of carbonyl (C=O) groups is 2. The van der Waals surface area contributed by atoms with E-state index in [4.69, 9.17) is 0 Å². The van der Waals surface area contributed by atoms with Gasteiger partial charge in [-0.05, 0) is 48.7 Å². The number of aryl methyl sites for hydroxylation is 1. The molecule has 0 radical (unpaired) electrons. The normalized spacial score (nSPS) is 20.3. The van der Waals surface area contributed by atoms with Gasteiger partial charge in [0.2, 0.25) is 11.8 Å². The lowest BCUT2D eigenvalue weighted by Gasteiger charge is -2.36. The van der Waals surface area contributed by atoms with Crippen molar-refractivity contribution in [1.29, 1.82) is 0 Å². The van der Waals surface area contributed by atoms with Crippen molar-refractivity contribution in [2.24, 2.45) is 5.92 Å². The van der Waals surface area contributed by atoms with Crippen LogP contribution >= 0.6 is 0 Å². The summed E-state index contributed by atoms with van der Waals surface area (Å²) in [4.78, 5) is 35.8. The Morgan fingerprint density at radius 1 is 1.07 bits per heavy atom. The zero-order valence-electron chi connectivity index (χ0n) is 17.2. The molecule has 1 aromatic heterocycles. The SMILES string of the molecule is Cc1cccc(N2C[C@H](C(=O)N3CCN(Cc4ccncc4)CC3)CC2=O)c1C. The first-order chi connectivity index (χ1) is 14.0. The zero-order valence-corrected chi connectivity index (χ0v) is 17.2. The Morgan fingerprint density at radius 3 is 2.52 bits per heavy atom. The summed E-state index contributed by atoms with van der Waals surface area (Å²) in [5.74, 6) is -0.0720. The number of amides is 2. The maximum atomic E-state index is 13.1. The molecule has 0 bridgehead atoms. The first kappa shape index (κ1) is 19.6. The lowest BCUT2D eigenvalue weighted by Crippen LogP contribution is -2.50. The van der Waals surface area contributed by atoms with E-state index in [9.17, 15) is 9.59 Å². The molecule has 4 rings (SSSR count). The monoisotopic (exact) mass is 392 g/mol. The number of hydrogen-bond donors (Lipinski definition) is 0. The van der Waals surface area contributed by atoms with Crippen LogP contribution in [0.15, 0.2) is 42.7 Å². The van der Waals surface area contributed by atoms with E-state index in [2.05, 4.69) is 9.88 Å². The third kappa shape index (κ3) is 4.17. The summed E-state index contributed by atoms with van der Waals surface area (Å²) in [6.07, 6.45) is 3.94. The third-order valence-corrected chi connectivity index (χ3v) is 6.18. The fourth-order valence-corrected chi connectivity index (χ4v) is 4.26. The molecule has 2 fully saturated rings. The average molecular weight is 393 g/mol. The molecule has 6 nitrogen and oxygen atoms in total. The molecule has 2 aromatic rings. The van der Waals surface area contributed by atoms with Gasteiger partial charge < -0.3 is 9.80 Å². The molecule has 3 heterocycles. The number of benzene rings is 1. The minimum Gasteiger partial charge on any atom is -0.340 e. The summed E-state index contributed by atoms with van der Waals surface area (Å²) in [5.41, 5.74) is 4.45. The van der Waals surface area contributed by atoms with E-state index in [1.54, 1.807) is 4.90 Å². The van der Waals surface area contributed by atoms with E-state index < -0.39 is 0 Å². The van der Waals surface area contributed by atoms with E-state index in [1.165, 1.54) is 5.56 Å². The number of nitrogens with zero attached hydrogens (tertiary/aromatic N) is 4. The van der Waals surface area contributed by atoms with Crippen LogP contribution in [0.1, 0.15) is 23.1 Å². The van der Waals surface area contributed by atoms with Crippen LogP contribution in [-0.2, 0) is 16.1 Å². The highest BCUT2D eigenvalue weighted by molar-refractivity contribution is 6.01. The number of pyridine rings is 1. The quantitative estimate of drug-likeness (QED) is 0.802. The van der Waals surface area contributed by atoms with E-state index in [-0.39, 0.29) is 17.7 Å². The van der Waals surface area contributed by atoms with Gasteiger partial charge >= 0.3 is 0 Å². The van der Waals surface area contributed by atoms with E-state index >= 15 is 0 Å². The summed E-state index contributed by atoms with van der Waals surface area (Å²) < 4.78 is 0.